The number of fused-ring (bicyclic) bond motifs is 1. The highest BCUT2D eigenvalue weighted by molar-refractivity contribution is 5.79. The van der Waals surface area contributed by atoms with E-state index in [-0.39, 0.29) is 24.0 Å². The summed E-state index contributed by atoms with van der Waals surface area (Å²) in [6.45, 7) is 1.94. The van der Waals surface area contributed by atoms with E-state index >= 15 is 0 Å². The van der Waals surface area contributed by atoms with Crippen LogP contribution in [0.3, 0.4) is 0 Å². The quantitative estimate of drug-likeness (QED) is 0.401. The smallest absolute Gasteiger partial charge is 0.433 e. The Morgan fingerprint density at radius 1 is 1.07 bits per heavy atom. The molecule has 1 aromatic carbocycles. The van der Waals surface area contributed by atoms with Gasteiger partial charge in [-0.25, -0.2) is 9.78 Å². The Hall–Kier alpha value is -3.76. The predicted octanol–water partition coefficient (Wildman–Crippen LogP) is 3.92. The maximum Gasteiger partial charge on any atom is 0.433 e. The molecular formula is C18H15F3N6O2. The molecule has 0 saturated heterocycles. The first kappa shape index (κ1) is 18.6. The number of H-pyrrole nitrogens is 2. The second kappa shape index (κ2) is 7.00. The van der Waals surface area contributed by atoms with E-state index in [9.17, 15) is 18.0 Å². The number of anilines is 3. The first-order valence-electron chi connectivity index (χ1n) is 8.51. The van der Waals surface area contributed by atoms with E-state index < -0.39 is 11.9 Å². The van der Waals surface area contributed by atoms with Gasteiger partial charge in [-0.05, 0) is 37.3 Å². The normalized spacial score (nSPS) is 11.7. The Kier molecular flexibility index (Phi) is 4.49. The zero-order valence-corrected chi connectivity index (χ0v) is 15.0. The molecule has 4 aromatic rings. The van der Waals surface area contributed by atoms with E-state index in [0.717, 1.165) is 6.07 Å². The fourth-order valence-electron chi connectivity index (χ4n) is 2.74. The van der Waals surface area contributed by atoms with Gasteiger partial charge >= 0.3 is 11.9 Å². The second-order valence-corrected chi connectivity index (χ2v) is 6.29. The fraction of sp³-hybridized carbons (Fsp3) is 0.167. The van der Waals surface area contributed by atoms with Gasteiger partial charge in [0.2, 0.25) is 5.95 Å². The predicted molar refractivity (Wildman–Crippen MR) is 100 cm³/mol. The van der Waals surface area contributed by atoms with E-state index in [1.165, 1.54) is 0 Å². The number of imidazole rings is 1. The van der Waals surface area contributed by atoms with Gasteiger partial charge < -0.3 is 25.0 Å². The van der Waals surface area contributed by atoms with Gasteiger partial charge in [-0.15, -0.1) is 0 Å². The van der Waals surface area contributed by atoms with E-state index in [4.69, 9.17) is 4.42 Å². The maximum atomic E-state index is 13.3. The average molecular weight is 404 g/mol. The van der Waals surface area contributed by atoms with Gasteiger partial charge in [-0.1, -0.05) is 0 Å². The average Bonchev–Trinajstić information content (AvgIpc) is 3.23. The number of benzene rings is 1. The molecule has 0 atom stereocenters. The first-order valence-corrected chi connectivity index (χ1v) is 8.51. The van der Waals surface area contributed by atoms with E-state index in [2.05, 4.69) is 30.6 Å². The van der Waals surface area contributed by atoms with Crippen LogP contribution in [0.4, 0.5) is 30.6 Å². The number of nitrogens with one attached hydrogen (secondary N) is 4. The Balaban J connectivity index is 1.62. The van der Waals surface area contributed by atoms with Crippen LogP contribution in [0.5, 0.6) is 0 Å². The van der Waals surface area contributed by atoms with Gasteiger partial charge in [0.25, 0.3) is 0 Å². The molecule has 0 aliphatic heterocycles. The van der Waals surface area contributed by atoms with Gasteiger partial charge in [0, 0.05) is 11.8 Å². The molecule has 0 aliphatic rings. The molecule has 0 saturated carbocycles. The molecule has 150 valence electrons. The molecule has 0 spiro atoms. The van der Waals surface area contributed by atoms with Crippen LogP contribution in [-0.4, -0.2) is 19.9 Å². The lowest BCUT2D eigenvalue weighted by molar-refractivity contribution is -0.141. The molecule has 3 heterocycles. The molecule has 0 aliphatic carbocycles. The van der Waals surface area contributed by atoms with Crippen LogP contribution in [0.2, 0.25) is 0 Å². The topological polar surface area (TPSA) is 112 Å². The van der Waals surface area contributed by atoms with Crippen molar-refractivity contribution < 1.29 is 17.6 Å². The summed E-state index contributed by atoms with van der Waals surface area (Å²) in [6.07, 6.45) is -4.65. The number of hydrogen-bond donors (Lipinski definition) is 4. The number of furan rings is 1. The molecule has 8 nitrogen and oxygen atoms in total. The van der Waals surface area contributed by atoms with Crippen molar-refractivity contribution in [1.29, 1.82) is 0 Å². The van der Waals surface area contributed by atoms with Crippen LogP contribution in [0.15, 0.2) is 45.6 Å². The zero-order chi connectivity index (χ0) is 20.6. The van der Waals surface area contributed by atoms with E-state index in [1.807, 2.05) is 0 Å². The maximum absolute atomic E-state index is 13.3. The summed E-state index contributed by atoms with van der Waals surface area (Å²) in [5, 5.41) is 5.55. The molecule has 11 heteroatoms. The fourth-order valence-corrected chi connectivity index (χ4v) is 2.74. The van der Waals surface area contributed by atoms with Crippen LogP contribution < -0.4 is 16.3 Å². The van der Waals surface area contributed by atoms with Crippen molar-refractivity contribution in [3.05, 3.63) is 64.1 Å². The Morgan fingerprint density at radius 3 is 2.59 bits per heavy atom. The minimum absolute atomic E-state index is 0.0139. The van der Waals surface area contributed by atoms with Gasteiger partial charge in [0.05, 0.1) is 17.6 Å². The molecule has 0 amide bonds. The standard InChI is InChI=1S/C18H15F3N6O2/c1-9-2-4-11(29-9)8-22-15-7-14(18(19,20)21)26-16(27-15)23-10-3-5-12-13(6-10)25-17(28)24-12/h2-7H,8H2,1H3,(H2,24,25,28)(H2,22,23,26,27). The summed E-state index contributed by atoms with van der Waals surface area (Å²) in [5.74, 6) is 1.00. The van der Waals surface area contributed by atoms with Gasteiger partial charge in [0.1, 0.15) is 17.3 Å². The summed E-state index contributed by atoms with van der Waals surface area (Å²) < 4.78 is 45.2. The monoisotopic (exact) mass is 404 g/mol. The Bertz CT molecular complexity index is 1220. The highest BCUT2D eigenvalue weighted by Gasteiger charge is 2.33. The molecule has 4 N–H and O–H groups in total. The highest BCUT2D eigenvalue weighted by atomic mass is 19.4. The summed E-state index contributed by atoms with van der Waals surface area (Å²) >= 11 is 0. The number of halogens is 3. The number of nitrogens with zero attached hydrogens (tertiary/aromatic N) is 2. The van der Waals surface area contributed by atoms with E-state index in [1.54, 1.807) is 37.3 Å². The number of aromatic nitrogens is 4. The van der Waals surface area contributed by atoms with Crippen LogP contribution in [0.1, 0.15) is 17.2 Å². The van der Waals surface area contributed by atoms with E-state index in [0.29, 0.717) is 28.2 Å². The highest BCUT2D eigenvalue weighted by Crippen LogP contribution is 2.30. The van der Waals surface area contributed by atoms with Gasteiger partial charge in [-0.3, -0.25) is 0 Å². The zero-order valence-electron chi connectivity index (χ0n) is 15.0. The minimum Gasteiger partial charge on any atom is -0.465 e. The van der Waals surface area contributed by atoms with Gasteiger partial charge in [0.15, 0.2) is 5.69 Å². The van der Waals surface area contributed by atoms with Crippen LogP contribution in [-0.2, 0) is 12.7 Å². The molecule has 3 aromatic heterocycles. The third-order valence-electron chi connectivity index (χ3n) is 4.03. The number of alkyl halides is 3. The Morgan fingerprint density at radius 2 is 1.86 bits per heavy atom. The van der Waals surface area contributed by atoms with Crippen LogP contribution in [0.25, 0.3) is 11.0 Å². The molecule has 0 unspecified atom stereocenters. The lowest BCUT2D eigenvalue weighted by Gasteiger charge is -2.12. The molecule has 29 heavy (non-hydrogen) atoms. The van der Waals surface area contributed by atoms with Crippen molar-refractivity contribution in [3.8, 4) is 0 Å². The van der Waals surface area contributed by atoms with Crippen molar-refractivity contribution in [1.82, 2.24) is 19.9 Å². The largest absolute Gasteiger partial charge is 0.465 e. The molecule has 0 bridgehead atoms. The molecule has 0 fully saturated rings. The molecule has 0 radical (unpaired) electrons. The number of aromatic amines is 2. The number of aryl methyl sites for hydroxylation is 1. The third kappa shape index (κ3) is 4.23. The van der Waals surface area contributed by atoms with Crippen molar-refractivity contribution in [3.63, 3.8) is 0 Å². The lowest BCUT2D eigenvalue weighted by atomic mass is 10.3. The summed E-state index contributed by atoms with van der Waals surface area (Å²) in [6, 6.07) is 9.08. The summed E-state index contributed by atoms with van der Waals surface area (Å²) in [5.41, 5.74) is 0.0103. The minimum atomic E-state index is -4.65. The van der Waals surface area contributed by atoms with Crippen molar-refractivity contribution in [2.45, 2.75) is 19.6 Å². The van der Waals surface area contributed by atoms with Crippen LogP contribution >= 0.6 is 0 Å². The second-order valence-electron chi connectivity index (χ2n) is 6.29. The van der Waals surface area contributed by atoms with Crippen molar-refractivity contribution >= 4 is 28.5 Å². The summed E-state index contributed by atoms with van der Waals surface area (Å²) in [7, 11) is 0. The van der Waals surface area contributed by atoms with Gasteiger partial charge in [-0.2, -0.15) is 18.2 Å². The Labute approximate surface area is 161 Å². The summed E-state index contributed by atoms with van der Waals surface area (Å²) in [4.78, 5) is 24.2. The van der Waals surface area contributed by atoms with Crippen LogP contribution in [0, 0.1) is 6.92 Å². The molecular weight excluding hydrogens is 389 g/mol. The SMILES string of the molecule is Cc1ccc(CNc2cc(C(F)(F)F)nc(Nc3ccc4[nH]c(=O)[nH]c4c3)n2)o1. The number of hydrogen-bond acceptors (Lipinski definition) is 6. The van der Waals surface area contributed by atoms with Crippen molar-refractivity contribution in [2.24, 2.45) is 0 Å². The first-order chi connectivity index (χ1) is 13.8. The molecule has 4 rings (SSSR count). The number of rotatable bonds is 5. The van der Waals surface area contributed by atoms with Crippen molar-refractivity contribution in [2.75, 3.05) is 10.6 Å². The lowest BCUT2D eigenvalue weighted by Crippen LogP contribution is -2.13. The third-order valence-corrected chi connectivity index (χ3v) is 4.03.